The molecule has 0 unspecified atom stereocenters. The van der Waals surface area contributed by atoms with E-state index in [1.54, 1.807) is 0 Å². The number of fused-ring (bicyclic) bond motifs is 4. The fourth-order valence-corrected chi connectivity index (χ4v) is 10.3. The van der Waals surface area contributed by atoms with E-state index in [4.69, 9.17) is 0 Å². The van der Waals surface area contributed by atoms with Crippen LogP contribution in [0.3, 0.4) is 0 Å². The summed E-state index contributed by atoms with van der Waals surface area (Å²) in [5.41, 5.74) is 20.9. The van der Waals surface area contributed by atoms with Gasteiger partial charge in [0.05, 0.1) is 16.7 Å². The first-order valence-electron chi connectivity index (χ1n) is 19.0. The first-order chi connectivity index (χ1) is 25.6. The van der Waals surface area contributed by atoms with E-state index in [-0.39, 0.29) is 16.2 Å². The van der Waals surface area contributed by atoms with E-state index in [2.05, 4.69) is 197 Å². The SMILES string of the molecule is CC1(C)c2cc(-c3cc4c5c(c3)c3cccc6c3n5-c3c(cccc3C4(C)C)C6(C)C)ccc2-c2ccc(N(c3ccccc3)c3ccccc3)cc21. The molecule has 1 aliphatic carbocycles. The van der Waals surface area contributed by atoms with Crippen molar-refractivity contribution in [3.8, 4) is 27.9 Å². The van der Waals surface area contributed by atoms with Crippen LogP contribution in [0.5, 0.6) is 0 Å². The van der Waals surface area contributed by atoms with Crippen LogP contribution in [0.2, 0.25) is 0 Å². The molecule has 7 aromatic carbocycles. The molecule has 256 valence electrons. The Labute approximate surface area is 312 Å². The van der Waals surface area contributed by atoms with Crippen LogP contribution in [0.1, 0.15) is 74.9 Å². The Morgan fingerprint density at radius 1 is 0.377 bits per heavy atom. The highest BCUT2D eigenvalue weighted by Crippen LogP contribution is 2.57. The van der Waals surface area contributed by atoms with Crippen LogP contribution in [0.15, 0.2) is 146 Å². The number of aromatic nitrogens is 1. The van der Waals surface area contributed by atoms with Gasteiger partial charge in [0, 0.05) is 44.1 Å². The van der Waals surface area contributed by atoms with E-state index in [1.807, 2.05) is 0 Å². The maximum Gasteiger partial charge on any atom is 0.0582 e. The van der Waals surface area contributed by atoms with Crippen molar-refractivity contribution in [2.75, 3.05) is 4.90 Å². The lowest BCUT2D eigenvalue weighted by atomic mass is 9.68. The van der Waals surface area contributed by atoms with Gasteiger partial charge < -0.3 is 9.47 Å². The Bertz CT molecular complexity index is 2810. The lowest BCUT2D eigenvalue weighted by molar-refractivity contribution is 0.594. The highest BCUT2D eigenvalue weighted by molar-refractivity contribution is 6.15. The highest BCUT2D eigenvalue weighted by Gasteiger charge is 2.43. The van der Waals surface area contributed by atoms with Crippen molar-refractivity contribution in [1.29, 1.82) is 0 Å². The number of anilines is 3. The fraction of sp³-hybridized carbons (Fsp3) is 0.176. The van der Waals surface area contributed by atoms with Crippen LogP contribution in [-0.4, -0.2) is 4.57 Å². The Kier molecular flexibility index (Phi) is 5.90. The van der Waals surface area contributed by atoms with Gasteiger partial charge in [-0.2, -0.15) is 0 Å². The van der Waals surface area contributed by atoms with Crippen LogP contribution >= 0.6 is 0 Å². The zero-order chi connectivity index (χ0) is 36.0. The topological polar surface area (TPSA) is 8.17 Å². The normalized spacial score (nSPS) is 16.2. The summed E-state index contributed by atoms with van der Waals surface area (Å²) in [7, 11) is 0. The van der Waals surface area contributed by atoms with Gasteiger partial charge in [0.15, 0.2) is 0 Å². The van der Waals surface area contributed by atoms with E-state index in [0.29, 0.717) is 0 Å². The third-order valence-electron chi connectivity index (χ3n) is 13.1. The zero-order valence-corrected chi connectivity index (χ0v) is 31.3. The molecule has 0 saturated heterocycles. The van der Waals surface area contributed by atoms with Gasteiger partial charge in [-0.25, -0.2) is 0 Å². The van der Waals surface area contributed by atoms with Crippen molar-refractivity contribution >= 4 is 38.9 Å². The average Bonchev–Trinajstić information content (AvgIpc) is 3.62. The van der Waals surface area contributed by atoms with Crippen LogP contribution in [0.25, 0.3) is 49.7 Å². The molecule has 3 aliphatic rings. The molecule has 1 aromatic heterocycles. The van der Waals surface area contributed by atoms with Gasteiger partial charge >= 0.3 is 0 Å². The van der Waals surface area contributed by atoms with E-state index >= 15 is 0 Å². The van der Waals surface area contributed by atoms with Crippen LogP contribution in [0.4, 0.5) is 17.1 Å². The van der Waals surface area contributed by atoms with E-state index < -0.39 is 0 Å². The number of hydrogen-bond donors (Lipinski definition) is 0. The van der Waals surface area contributed by atoms with Crippen LogP contribution in [-0.2, 0) is 16.2 Å². The Balaban J connectivity index is 1.09. The minimum atomic E-state index is -0.169. The van der Waals surface area contributed by atoms with Gasteiger partial charge in [-0.05, 0) is 110 Å². The number of hydrogen-bond acceptors (Lipinski definition) is 1. The molecule has 0 bridgehead atoms. The number of benzene rings is 7. The third-order valence-corrected chi connectivity index (χ3v) is 13.1. The van der Waals surface area contributed by atoms with Crippen LogP contribution < -0.4 is 4.90 Å². The molecule has 2 nitrogen and oxygen atoms in total. The van der Waals surface area contributed by atoms with Crippen molar-refractivity contribution in [3.05, 3.63) is 179 Å². The molecule has 2 aliphatic heterocycles. The summed E-state index contributed by atoms with van der Waals surface area (Å²) in [6.45, 7) is 14.5. The highest BCUT2D eigenvalue weighted by atomic mass is 15.1. The van der Waals surface area contributed by atoms with Gasteiger partial charge in [-0.3, -0.25) is 0 Å². The molecule has 3 heterocycles. The molecule has 0 radical (unpaired) electrons. The summed E-state index contributed by atoms with van der Waals surface area (Å²) < 4.78 is 2.62. The van der Waals surface area contributed by atoms with E-state index in [9.17, 15) is 0 Å². The van der Waals surface area contributed by atoms with E-state index in [0.717, 1.165) is 11.4 Å². The molecule has 8 aromatic rings. The zero-order valence-electron chi connectivity index (χ0n) is 31.3. The molecule has 53 heavy (non-hydrogen) atoms. The second-order valence-electron chi connectivity index (χ2n) is 17.0. The lowest BCUT2D eigenvalue weighted by Gasteiger charge is -2.42. The van der Waals surface area contributed by atoms with Gasteiger partial charge in [0.25, 0.3) is 0 Å². The Hall–Kier alpha value is -5.86. The summed E-state index contributed by atoms with van der Waals surface area (Å²) in [6, 6.07) is 54.7. The second kappa shape index (κ2) is 10.2. The molecule has 0 atom stereocenters. The van der Waals surface area contributed by atoms with E-state index in [1.165, 1.54) is 88.8 Å². The van der Waals surface area contributed by atoms with Crippen molar-refractivity contribution in [2.24, 2.45) is 0 Å². The average molecular weight is 683 g/mol. The Morgan fingerprint density at radius 2 is 0.906 bits per heavy atom. The fourth-order valence-electron chi connectivity index (χ4n) is 10.3. The minimum Gasteiger partial charge on any atom is -0.310 e. The summed E-state index contributed by atoms with van der Waals surface area (Å²) >= 11 is 0. The summed E-state index contributed by atoms with van der Waals surface area (Å²) in [5, 5.41) is 2.71. The predicted octanol–water partition coefficient (Wildman–Crippen LogP) is 13.5. The Morgan fingerprint density at radius 3 is 1.58 bits per heavy atom. The molecule has 0 spiro atoms. The van der Waals surface area contributed by atoms with Gasteiger partial charge in [0.2, 0.25) is 0 Å². The molecule has 0 saturated carbocycles. The lowest BCUT2D eigenvalue weighted by Crippen LogP contribution is -2.33. The largest absolute Gasteiger partial charge is 0.310 e. The quantitative estimate of drug-likeness (QED) is 0.179. The molecule has 11 rings (SSSR count). The molecule has 2 heteroatoms. The monoisotopic (exact) mass is 682 g/mol. The molecule has 0 fully saturated rings. The minimum absolute atomic E-state index is 0.0781. The molecule has 0 N–H and O–H groups in total. The third kappa shape index (κ3) is 3.88. The molecular weight excluding hydrogens is 641 g/mol. The summed E-state index contributed by atoms with van der Waals surface area (Å²) in [5.74, 6) is 0. The predicted molar refractivity (Wildman–Crippen MR) is 223 cm³/mol. The first-order valence-corrected chi connectivity index (χ1v) is 19.0. The van der Waals surface area contributed by atoms with Gasteiger partial charge in [0.1, 0.15) is 0 Å². The van der Waals surface area contributed by atoms with Crippen molar-refractivity contribution in [2.45, 2.75) is 57.8 Å². The first kappa shape index (κ1) is 30.7. The van der Waals surface area contributed by atoms with Crippen LogP contribution in [0, 0.1) is 0 Å². The second-order valence-corrected chi connectivity index (χ2v) is 17.0. The summed E-state index contributed by atoms with van der Waals surface area (Å²) in [4.78, 5) is 2.37. The molecular formula is C51H42N2. The van der Waals surface area contributed by atoms with Crippen molar-refractivity contribution in [3.63, 3.8) is 0 Å². The number of para-hydroxylation sites is 4. The van der Waals surface area contributed by atoms with Gasteiger partial charge in [-0.1, -0.05) is 133 Å². The smallest absolute Gasteiger partial charge is 0.0582 e. The van der Waals surface area contributed by atoms with Gasteiger partial charge in [-0.15, -0.1) is 0 Å². The standard InChI is InChI=1S/C51H42N2/c1-49(2)40-20-13-19-38-39-27-32(29-45-47(39)53(46(38)40)48-41(49)21-14-22-42(48)50(45,3)4)31-23-25-36-37-26-24-35(30-44(37)51(5,6)43(36)28-31)52(33-15-9-7-10-16-33)34-17-11-8-12-18-34/h7-30H,1-6H3. The maximum absolute atomic E-state index is 2.62. The van der Waals surface area contributed by atoms with Crippen molar-refractivity contribution < 1.29 is 0 Å². The molecule has 0 amide bonds. The number of rotatable bonds is 4. The maximum atomic E-state index is 2.62. The van der Waals surface area contributed by atoms with Crippen molar-refractivity contribution in [1.82, 2.24) is 4.57 Å². The summed E-state index contributed by atoms with van der Waals surface area (Å²) in [6.07, 6.45) is 0. The number of nitrogens with zero attached hydrogens (tertiary/aromatic N) is 2.